The predicted molar refractivity (Wildman–Crippen MR) is 153 cm³/mol. The highest BCUT2D eigenvalue weighted by Crippen LogP contribution is 2.38. The summed E-state index contributed by atoms with van der Waals surface area (Å²) in [5, 5.41) is 10.1. The van der Waals surface area contributed by atoms with Crippen molar-refractivity contribution in [3.05, 3.63) is 58.9 Å². The summed E-state index contributed by atoms with van der Waals surface area (Å²) in [7, 11) is 0. The van der Waals surface area contributed by atoms with Gasteiger partial charge in [0.1, 0.15) is 11.6 Å². The summed E-state index contributed by atoms with van der Waals surface area (Å²) in [6.45, 7) is 11.1. The van der Waals surface area contributed by atoms with Crippen molar-refractivity contribution in [1.82, 2.24) is 20.8 Å². The maximum atomic E-state index is 13.9. The maximum Gasteiger partial charge on any atom is 0.408 e. The first kappa shape index (κ1) is 29.4. The van der Waals surface area contributed by atoms with E-state index >= 15 is 0 Å². The van der Waals surface area contributed by atoms with Crippen molar-refractivity contribution >= 4 is 47.0 Å². The standard InChI is InChI=1S/C28H32ClN5O5S/c1-27(2,3)32-23(35)24-31-22(33-39-24)17-9-12-21-20(13-17)34(14-16-7-10-18(29)11-8-16)25(36)19(15-40-21)30-26(37)38-28(4,5)6/h7-13,19H,14-15H2,1-6H3,(H,30,37)(H,32,35)/t19-/m0/s1. The van der Waals surface area contributed by atoms with Crippen LogP contribution in [0, 0.1) is 0 Å². The molecule has 2 heterocycles. The number of fused-ring (bicyclic) bond motifs is 1. The molecule has 3 aromatic rings. The molecule has 1 aliphatic heterocycles. The van der Waals surface area contributed by atoms with E-state index in [1.165, 1.54) is 11.8 Å². The van der Waals surface area contributed by atoms with E-state index in [0.29, 0.717) is 22.0 Å². The zero-order chi connectivity index (χ0) is 29.2. The Hall–Kier alpha value is -3.57. The summed E-state index contributed by atoms with van der Waals surface area (Å²) in [4.78, 5) is 45.6. The number of carbonyl (C=O) groups is 3. The van der Waals surface area contributed by atoms with Crippen molar-refractivity contribution in [1.29, 1.82) is 0 Å². The molecule has 1 aromatic heterocycles. The number of amides is 3. The third kappa shape index (κ3) is 7.54. The molecule has 1 atom stereocenters. The molecule has 40 heavy (non-hydrogen) atoms. The largest absolute Gasteiger partial charge is 0.444 e. The molecule has 0 saturated carbocycles. The lowest BCUT2D eigenvalue weighted by molar-refractivity contribution is -0.120. The Morgan fingerprint density at radius 3 is 2.48 bits per heavy atom. The smallest absolute Gasteiger partial charge is 0.408 e. The molecule has 1 aliphatic rings. The molecule has 0 fully saturated rings. The molecule has 4 rings (SSSR count). The first-order valence-corrected chi connectivity index (χ1v) is 14.0. The summed E-state index contributed by atoms with van der Waals surface area (Å²) < 4.78 is 10.6. The van der Waals surface area contributed by atoms with Crippen molar-refractivity contribution in [3.8, 4) is 11.4 Å². The zero-order valence-corrected chi connectivity index (χ0v) is 24.8. The van der Waals surface area contributed by atoms with Gasteiger partial charge in [-0.15, -0.1) is 11.8 Å². The van der Waals surface area contributed by atoms with Gasteiger partial charge in [-0.25, -0.2) is 4.79 Å². The summed E-state index contributed by atoms with van der Waals surface area (Å²) >= 11 is 7.51. The van der Waals surface area contributed by atoms with Crippen LogP contribution >= 0.6 is 23.4 Å². The first-order valence-electron chi connectivity index (χ1n) is 12.7. The average molecular weight is 586 g/mol. The molecular formula is C28H32ClN5O5S. The van der Waals surface area contributed by atoms with Crippen LogP contribution in [-0.4, -0.2) is 51.0 Å². The van der Waals surface area contributed by atoms with Crippen LogP contribution < -0.4 is 15.5 Å². The molecule has 12 heteroatoms. The van der Waals surface area contributed by atoms with Gasteiger partial charge in [0.2, 0.25) is 5.82 Å². The predicted octanol–water partition coefficient (Wildman–Crippen LogP) is 5.45. The summed E-state index contributed by atoms with van der Waals surface area (Å²) in [5.41, 5.74) is 0.836. The van der Waals surface area contributed by atoms with E-state index in [-0.39, 0.29) is 24.2 Å². The van der Waals surface area contributed by atoms with E-state index in [1.54, 1.807) is 49.9 Å². The van der Waals surface area contributed by atoms with Gasteiger partial charge < -0.3 is 24.8 Å². The Kier molecular flexibility index (Phi) is 8.46. The molecule has 2 N–H and O–H groups in total. The highest BCUT2D eigenvalue weighted by molar-refractivity contribution is 7.99. The Morgan fingerprint density at radius 2 is 1.82 bits per heavy atom. The molecule has 0 aliphatic carbocycles. The number of rotatable bonds is 5. The fourth-order valence-electron chi connectivity index (χ4n) is 3.86. The van der Waals surface area contributed by atoms with Gasteiger partial charge in [-0.1, -0.05) is 28.9 Å². The lowest BCUT2D eigenvalue weighted by Gasteiger charge is -2.27. The normalized spacial score (nSPS) is 15.7. The number of benzene rings is 2. The SMILES string of the molecule is CC(C)(C)NC(=O)c1nc(-c2ccc3c(c2)N(Cc2ccc(Cl)cc2)C(=O)[C@@H](NC(=O)OC(C)(C)C)CS3)no1. The number of hydrogen-bond donors (Lipinski definition) is 2. The molecule has 0 unspecified atom stereocenters. The third-order valence-corrected chi connectivity index (χ3v) is 6.94. The monoisotopic (exact) mass is 585 g/mol. The number of carbonyl (C=O) groups excluding carboxylic acids is 3. The number of thioether (sulfide) groups is 1. The van der Waals surface area contributed by atoms with Crippen molar-refractivity contribution in [2.24, 2.45) is 0 Å². The Balaban J connectivity index is 1.67. The van der Waals surface area contributed by atoms with Crippen LogP contribution in [0.25, 0.3) is 11.4 Å². The Labute approximate surface area is 242 Å². The topological polar surface area (TPSA) is 127 Å². The van der Waals surface area contributed by atoms with E-state index in [1.807, 2.05) is 39.0 Å². The maximum absolute atomic E-state index is 13.9. The molecule has 2 aromatic carbocycles. The molecule has 0 saturated heterocycles. The number of ether oxygens (including phenoxy) is 1. The quantitative estimate of drug-likeness (QED) is 0.405. The van der Waals surface area contributed by atoms with Crippen molar-refractivity contribution in [2.75, 3.05) is 10.7 Å². The van der Waals surface area contributed by atoms with Gasteiger partial charge in [0, 0.05) is 26.8 Å². The molecule has 212 valence electrons. The van der Waals surface area contributed by atoms with Crippen LogP contribution in [-0.2, 0) is 16.1 Å². The molecule has 3 amide bonds. The molecule has 0 radical (unpaired) electrons. The van der Waals surface area contributed by atoms with Crippen LogP contribution in [0.4, 0.5) is 10.5 Å². The van der Waals surface area contributed by atoms with Gasteiger partial charge in [-0.3, -0.25) is 9.59 Å². The lowest BCUT2D eigenvalue weighted by atomic mass is 10.1. The molecule has 0 bridgehead atoms. The number of hydrogen-bond acceptors (Lipinski definition) is 8. The second-order valence-corrected chi connectivity index (χ2v) is 12.9. The fraction of sp³-hybridized carbons (Fsp3) is 0.393. The number of nitrogens with zero attached hydrogens (tertiary/aromatic N) is 3. The van der Waals surface area contributed by atoms with Crippen LogP contribution in [0.1, 0.15) is 57.8 Å². The van der Waals surface area contributed by atoms with Gasteiger partial charge in [0.05, 0.1) is 12.2 Å². The van der Waals surface area contributed by atoms with Gasteiger partial charge in [0.25, 0.3) is 5.91 Å². The zero-order valence-electron chi connectivity index (χ0n) is 23.2. The number of anilines is 1. The third-order valence-electron chi connectivity index (χ3n) is 5.53. The number of aromatic nitrogens is 2. The van der Waals surface area contributed by atoms with Crippen molar-refractivity contribution < 1.29 is 23.6 Å². The summed E-state index contributed by atoms with van der Waals surface area (Å²) in [6, 6.07) is 11.8. The second kappa shape index (κ2) is 11.5. The van der Waals surface area contributed by atoms with Crippen LogP contribution in [0.5, 0.6) is 0 Å². The van der Waals surface area contributed by atoms with Crippen molar-refractivity contribution in [3.63, 3.8) is 0 Å². The first-order chi connectivity index (χ1) is 18.7. The summed E-state index contributed by atoms with van der Waals surface area (Å²) in [5.74, 6) is -0.431. The minimum absolute atomic E-state index is 0.162. The minimum atomic E-state index is -0.833. The summed E-state index contributed by atoms with van der Waals surface area (Å²) in [6.07, 6.45) is -0.669. The second-order valence-electron chi connectivity index (χ2n) is 11.4. The Bertz CT molecular complexity index is 1410. The molecule has 10 nitrogen and oxygen atoms in total. The van der Waals surface area contributed by atoms with Gasteiger partial charge in [0.15, 0.2) is 0 Å². The minimum Gasteiger partial charge on any atom is -0.444 e. The van der Waals surface area contributed by atoms with Crippen LogP contribution in [0.2, 0.25) is 5.02 Å². The fourth-order valence-corrected chi connectivity index (χ4v) is 5.04. The molecular weight excluding hydrogens is 554 g/mol. The van der Waals surface area contributed by atoms with Gasteiger partial charge in [-0.2, -0.15) is 4.98 Å². The van der Waals surface area contributed by atoms with Gasteiger partial charge in [-0.05, 0) is 77.4 Å². The van der Waals surface area contributed by atoms with E-state index < -0.39 is 29.2 Å². The number of halogens is 1. The van der Waals surface area contributed by atoms with E-state index in [2.05, 4.69) is 20.8 Å². The van der Waals surface area contributed by atoms with Crippen LogP contribution in [0.15, 0.2) is 51.9 Å². The number of nitrogens with one attached hydrogen (secondary N) is 2. The number of alkyl carbamates (subject to hydrolysis) is 1. The van der Waals surface area contributed by atoms with E-state index in [0.717, 1.165) is 10.5 Å². The highest BCUT2D eigenvalue weighted by atomic mass is 35.5. The lowest BCUT2D eigenvalue weighted by Crippen LogP contribution is -2.50. The molecule has 0 spiro atoms. The van der Waals surface area contributed by atoms with Crippen LogP contribution in [0.3, 0.4) is 0 Å². The van der Waals surface area contributed by atoms with E-state index in [9.17, 15) is 14.4 Å². The van der Waals surface area contributed by atoms with Crippen molar-refractivity contribution in [2.45, 2.75) is 70.2 Å². The highest BCUT2D eigenvalue weighted by Gasteiger charge is 2.34. The van der Waals surface area contributed by atoms with Gasteiger partial charge >= 0.3 is 17.9 Å². The van der Waals surface area contributed by atoms with E-state index in [4.69, 9.17) is 20.9 Å². The Morgan fingerprint density at radius 1 is 1.12 bits per heavy atom. The average Bonchev–Trinajstić information content (AvgIpc) is 3.30.